The Morgan fingerprint density at radius 1 is 1.29 bits per heavy atom. The first-order valence-electron chi connectivity index (χ1n) is 6.99. The van der Waals surface area contributed by atoms with Gasteiger partial charge in [0.1, 0.15) is 0 Å². The summed E-state index contributed by atoms with van der Waals surface area (Å²) >= 11 is -0.408. The van der Waals surface area contributed by atoms with Crippen LogP contribution in [-0.2, 0) is 14.9 Å². The molecule has 0 aromatic heterocycles. The predicted octanol–water partition coefficient (Wildman–Crippen LogP) is 1.62. The standard InChI is InChI=1S/C14H20O5STe/c15-20(16,17)10-3-11-21-13-7-5-12(6-8-13)19-14-4-1-2-9-18-14/h5-8,14H,1-4,9-11H2,(H,15,16,17). The van der Waals surface area contributed by atoms with Crippen molar-refractivity contribution in [2.45, 2.75) is 36.4 Å². The van der Waals surface area contributed by atoms with Crippen LogP contribution in [0.1, 0.15) is 25.7 Å². The molecular weight excluding hydrogens is 408 g/mol. The van der Waals surface area contributed by atoms with Crippen molar-refractivity contribution in [3.63, 3.8) is 0 Å². The predicted molar refractivity (Wildman–Crippen MR) is 81.9 cm³/mol. The fourth-order valence-corrected chi connectivity index (χ4v) is 5.52. The average Bonchev–Trinajstić information content (AvgIpc) is 2.45. The molecule has 2 rings (SSSR count). The molecule has 1 fully saturated rings. The minimum absolute atomic E-state index is 0.129. The molecule has 0 amide bonds. The molecule has 5 nitrogen and oxygen atoms in total. The van der Waals surface area contributed by atoms with Crippen molar-refractivity contribution in [2.75, 3.05) is 12.4 Å². The Morgan fingerprint density at radius 2 is 2.05 bits per heavy atom. The summed E-state index contributed by atoms with van der Waals surface area (Å²) < 4.78 is 43.3. The summed E-state index contributed by atoms with van der Waals surface area (Å²) in [6, 6.07) is 7.96. The third-order valence-electron chi connectivity index (χ3n) is 3.04. The molecule has 0 spiro atoms. The van der Waals surface area contributed by atoms with Crippen molar-refractivity contribution < 1.29 is 22.4 Å². The molecule has 0 saturated carbocycles. The maximum absolute atomic E-state index is 10.6. The van der Waals surface area contributed by atoms with Crippen LogP contribution in [0.3, 0.4) is 0 Å². The Kier molecular flexibility index (Phi) is 6.77. The molecule has 0 radical (unpaired) electrons. The zero-order valence-corrected chi connectivity index (χ0v) is 14.9. The van der Waals surface area contributed by atoms with Crippen molar-refractivity contribution in [2.24, 2.45) is 0 Å². The number of ether oxygens (including phenoxy) is 2. The van der Waals surface area contributed by atoms with E-state index >= 15 is 0 Å². The summed E-state index contributed by atoms with van der Waals surface area (Å²) in [5.74, 6) is 0.675. The van der Waals surface area contributed by atoms with Crippen LogP contribution in [0.25, 0.3) is 0 Å². The molecule has 1 aliphatic heterocycles. The van der Waals surface area contributed by atoms with Crippen molar-refractivity contribution in [3.05, 3.63) is 24.3 Å². The summed E-state index contributed by atoms with van der Waals surface area (Å²) in [5, 5.41) is 0. The van der Waals surface area contributed by atoms with Gasteiger partial charge in [0.15, 0.2) is 0 Å². The number of benzene rings is 1. The molecule has 0 aliphatic carbocycles. The molecule has 1 saturated heterocycles. The molecule has 21 heavy (non-hydrogen) atoms. The van der Waals surface area contributed by atoms with Gasteiger partial charge in [-0.1, -0.05) is 0 Å². The van der Waals surface area contributed by atoms with E-state index in [0.717, 1.165) is 36.1 Å². The van der Waals surface area contributed by atoms with Gasteiger partial charge in [-0.05, 0) is 0 Å². The van der Waals surface area contributed by atoms with Gasteiger partial charge in [-0.25, -0.2) is 0 Å². The van der Waals surface area contributed by atoms with E-state index in [2.05, 4.69) is 0 Å². The van der Waals surface area contributed by atoms with Crippen molar-refractivity contribution in [1.82, 2.24) is 0 Å². The minimum atomic E-state index is -3.81. The van der Waals surface area contributed by atoms with Crippen LogP contribution in [0.2, 0.25) is 4.47 Å². The molecule has 1 N–H and O–H groups in total. The second-order valence-corrected chi connectivity index (χ2v) is 9.78. The Bertz CT molecular complexity index is 523. The zero-order chi connectivity index (χ0) is 15.1. The zero-order valence-electron chi connectivity index (χ0n) is 11.7. The van der Waals surface area contributed by atoms with E-state index in [1.54, 1.807) is 0 Å². The molecule has 7 heteroatoms. The summed E-state index contributed by atoms with van der Waals surface area (Å²) in [4.78, 5) is 0. The molecular formula is C14H20O5STe. The van der Waals surface area contributed by atoms with E-state index < -0.39 is 31.0 Å². The first-order valence-corrected chi connectivity index (χ1v) is 11.4. The van der Waals surface area contributed by atoms with Crippen molar-refractivity contribution >= 4 is 34.7 Å². The molecule has 1 aromatic rings. The Labute approximate surface area is 135 Å². The molecule has 1 aromatic carbocycles. The quantitative estimate of drug-likeness (QED) is 0.406. The van der Waals surface area contributed by atoms with Gasteiger partial charge in [0.05, 0.1) is 0 Å². The summed E-state index contributed by atoms with van der Waals surface area (Å²) in [6.45, 7) is 0.767. The van der Waals surface area contributed by atoms with E-state index in [-0.39, 0.29) is 12.0 Å². The third-order valence-corrected chi connectivity index (χ3v) is 6.98. The second kappa shape index (κ2) is 8.35. The van der Waals surface area contributed by atoms with Crippen LogP contribution in [-0.4, -0.2) is 52.5 Å². The Morgan fingerprint density at radius 3 is 2.67 bits per heavy atom. The van der Waals surface area contributed by atoms with Gasteiger partial charge < -0.3 is 0 Å². The van der Waals surface area contributed by atoms with Gasteiger partial charge in [0.2, 0.25) is 0 Å². The van der Waals surface area contributed by atoms with Gasteiger partial charge in [0.25, 0.3) is 0 Å². The fraction of sp³-hybridized carbons (Fsp3) is 0.571. The van der Waals surface area contributed by atoms with E-state index in [4.69, 9.17) is 14.0 Å². The first-order chi connectivity index (χ1) is 10.0. The summed E-state index contributed by atoms with van der Waals surface area (Å²) in [6.07, 6.45) is 3.58. The normalized spacial score (nSPS) is 19.4. The van der Waals surface area contributed by atoms with Gasteiger partial charge in [-0.3, -0.25) is 0 Å². The number of hydrogen-bond acceptors (Lipinski definition) is 4. The van der Waals surface area contributed by atoms with Crippen LogP contribution in [0, 0.1) is 0 Å². The molecule has 1 unspecified atom stereocenters. The number of rotatable bonds is 7. The summed E-state index contributed by atoms with van der Waals surface area (Å²) in [7, 11) is -3.81. The molecule has 0 bridgehead atoms. The maximum atomic E-state index is 10.6. The number of hydrogen-bond donors (Lipinski definition) is 1. The molecule has 1 atom stereocenters. The van der Waals surface area contributed by atoms with Gasteiger partial charge >= 0.3 is 136 Å². The van der Waals surface area contributed by atoms with Crippen molar-refractivity contribution in [3.8, 4) is 5.75 Å². The van der Waals surface area contributed by atoms with Crippen LogP contribution in [0.15, 0.2) is 24.3 Å². The van der Waals surface area contributed by atoms with Gasteiger partial charge in [0, 0.05) is 0 Å². The first kappa shape index (κ1) is 17.0. The summed E-state index contributed by atoms with van der Waals surface area (Å²) in [5.41, 5.74) is 0. The molecule has 118 valence electrons. The van der Waals surface area contributed by atoms with E-state index in [1.807, 2.05) is 24.3 Å². The second-order valence-electron chi connectivity index (χ2n) is 4.87. The van der Waals surface area contributed by atoms with Crippen molar-refractivity contribution in [1.29, 1.82) is 0 Å². The van der Waals surface area contributed by atoms with Crippen LogP contribution < -0.4 is 8.35 Å². The molecule has 1 heterocycles. The van der Waals surface area contributed by atoms with Crippen LogP contribution in [0.5, 0.6) is 5.75 Å². The average molecular weight is 428 g/mol. The molecule has 1 aliphatic rings. The van der Waals surface area contributed by atoms with Gasteiger partial charge in [-0.2, -0.15) is 0 Å². The Hall–Kier alpha value is -0.320. The topological polar surface area (TPSA) is 72.8 Å². The van der Waals surface area contributed by atoms with Crippen LogP contribution in [0.4, 0.5) is 0 Å². The Balaban J connectivity index is 1.73. The van der Waals surface area contributed by atoms with Gasteiger partial charge in [-0.15, -0.1) is 0 Å². The monoisotopic (exact) mass is 430 g/mol. The third kappa shape index (κ3) is 6.98. The fourth-order valence-electron chi connectivity index (χ4n) is 2.00. The van der Waals surface area contributed by atoms with E-state index in [0.29, 0.717) is 6.42 Å². The van der Waals surface area contributed by atoms with E-state index in [9.17, 15) is 8.42 Å². The SMILES string of the molecule is O=S(=O)(O)CCC[Te]c1ccc(OC2CCCCO2)cc1. The van der Waals surface area contributed by atoms with Crippen LogP contribution >= 0.6 is 0 Å². The van der Waals surface area contributed by atoms with E-state index in [1.165, 1.54) is 3.61 Å².